The van der Waals surface area contributed by atoms with Crippen molar-refractivity contribution in [3.63, 3.8) is 0 Å². The van der Waals surface area contributed by atoms with Gasteiger partial charge in [-0.1, -0.05) is 42.5 Å². The molecule has 0 saturated heterocycles. The second-order valence-corrected chi connectivity index (χ2v) is 6.81. The summed E-state index contributed by atoms with van der Waals surface area (Å²) in [4.78, 5) is 17.9. The minimum atomic E-state index is -2.95. The summed E-state index contributed by atoms with van der Waals surface area (Å²) in [5.41, 5.74) is 1.76. The van der Waals surface area contributed by atoms with Crippen LogP contribution in [0.5, 0.6) is 11.5 Å². The Morgan fingerprint density at radius 2 is 1.72 bits per heavy atom. The summed E-state index contributed by atoms with van der Waals surface area (Å²) in [7, 11) is 0. The monoisotopic (exact) mass is 434 g/mol. The topological polar surface area (TPSA) is 53.3 Å². The number of fused-ring (bicyclic) bond motifs is 1. The van der Waals surface area contributed by atoms with Crippen LogP contribution in [0.4, 0.5) is 8.78 Å². The normalized spacial score (nSPS) is 11.4. The zero-order chi connectivity index (χ0) is 22.5. The van der Waals surface area contributed by atoms with Crippen molar-refractivity contribution in [1.82, 2.24) is 9.55 Å². The van der Waals surface area contributed by atoms with Crippen LogP contribution in [0.2, 0.25) is 0 Å². The zero-order valence-electron chi connectivity index (χ0n) is 17.2. The largest absolute Gasteiger partial charge is 0.490 e. The van der Waals surface area contributed by atoms with Crippen LogP contribution in [0.3, 0.4) is 0 Å². The smallest absolute Gasteiger partial charge is 0.387 e. The highest BCUT2D eigenvalue weighted by molar-refractivity contribution is 5.80. The molecule has 0 aliphatic heterocycles. The molecule has 0 atom stereocenters. The van der Waals surface area contributed by atoms with Crippen molar-refractivity contribution in [1.29, 1.82) is 0 Å². The molecule has 3 aromatic carbocycles. The van der Waals surface area contributed by atoms with E-state index in [1.807, 2.05) is 36.4 Å². The zero-order valence-corrected chi connectivity index (χ0v) is 17.2. The predicted octanol–water partition coefficient (Wildman–Crippen LogP) is 5.56. The minimum Gasteiger partial charge on any atom is -0.490 e. The van der Waals surface area contributed by atoms with Crippen LogP contribution in [0.25, 0.3) is 28.7 Å². The van der Waals surface area contributed by atoms with Gasteiger partial charge in [0.2, 0.25) is 0 Å². The van der Waals surface area contributed by atoms with Gasteiger partial charge < -0.3 is 9.47 Å². The maximum Gasteiger partial charge on any atom is 0.387 e. The molecule has 4 aromatic rings. The fraction of sp³-hybridized carbons (Fsp3) is 0.120. The first kappa shape index (κ1) is 21.2. The van der Waals surface area contributed by atoms with Gasteiger partial charge >= 0.3 is 6.61 Å². The second kappa shape index (κ2) is 9.43. The van der Waals surface area contributed by atoms with Gasteiger partial charge in [0.25, 0.3) is 5.56 Å². The lowest BCUT2D eigenvalue weighted by Crippen LogP contribution is -2.22. The average molecular weight is 434 g/mol. The van der Waals surface area contributed by atoms with Crippen LogP contribution < -0.4 is 15.0 Å². The predicted molar refractivity (Wildman–Crippen MR) is 121 cm³/mol. The molecule has 4 rings (SSSR count). The van der Waals surface area contributed by atoms with Crippen molar-refractivity contribution < 1.29 is 18.3 Å². The molecule has 0 bridgehead atoms. The van der Waals surface area contributed by atoms with Crippen LogP contribution >= 0.6 is 0 Å². The quantitative estimate of drug-likeness (QED) is 0.382. The Morgan fingerprint density at radius 1 is 0.969 bits per heavy atom. The Morgan fingerprint density at radius 3 is 2.47 bits per heavy atom. The summed E-state index contributed by atoms with van der Waals surface area (Å²) in [5, 5.41) is 0.514. The van der Waals surface area contributed by atoms with Crippen LogP contribution in [-0.4, -0.2) is 22.8 Å². The molecule has 0 spiro atoms. The van der Waals surface area contributed by atoms with E-state index in [9.17, 15) is 13.6 Å². The Labute approximate surface area is 183 Å². The van der Waals surface area contributed by atoms with Crippen molar-refractivity contribution in [2.45, 2.75) is 13.5 Å². The lowest BCUT2D eigenvalue weighted by atomic mass is 10.1. The number of hydrogen-bond donors (Lipinski definition) is 0. The Bertz CT molecular complexity index is 1320. The van der Waals surface area contributed by atoms with E-state index in [0.717, 1.165) is 0 Å². The first-order valence-electron chi connectivity index (χ1n) is 10.0. The fourth-order valence-corrected chi connectivity index (χ4v) is 3.35. The summed E-state index contributed by atoms with van der Waals surface area (Å²) in [5.74, 6) is 0.608. The fourth-order valence-electron chi connectivity index (χ4n) is 3.35. The maximum absolute atomic E-state index is 13.2. The van der Waals surface area contributed by atoms with Crippen LogP contribution in [0.1, 0.15) is 18.3 Å². The molecule has 5 nitrogen and oxygen atoms in total. The molecule has 32 heavy (non-hydrogen) atoms. The number of rotatable bonds is 7. The molecule has 0 radical (unpaired) electrons. The van der Waals surface area contributed by atoms with Gasteiger partial charge in [-0.05, 0) is 55.0 Å². The van der Waals surface area contributed by atoms with Crippen molar-refractivity contribution >= 4 is 23.1 Å². The molecule has 0 N–H and O–H groups in total. The summed E-state index contributed by atoms with van der Waals surface area (Å²) in [6.45, 7) is -0.892. The first-order chi connectivity index (χ1) is 15.6. The summed E-state index contributed by atoms with van der Waals surface area (Å²) >= 11 is 0. The maximum atomic E-state index is 13.2. The standard InChI is InChI=1S/C25H20F2N2O3/c1-2-31-22-16-17(12-14-21(22)32-25(26)27)13-15-23-28-20-11-7-6-10-19(20)24(30)29(23)18-8-4-3-5-9-18/h3-16,25H,2H2,1H3/b15-13+. The van der Waals surface area contributed by atoms with Gasteiger partial charge in [0.1, 0.15) is 5.82 Å². The molecule has 0 aliphatic carbocycles. The molecule has 7 heteroatoms. The molecule has 1 aromatic heterocycles. The van der Waals surface area contributed by atoms with Gasteiger partial charge in [-0.3, -0.25) is 9.36 Å². The lowest BCUT2D eigenvalue weighted by Gasteiger charge is -2.12. The number of aromatic nitrogens is 2. The van der Waals surface area contributed by atoms with Crippen LogP contribution in [0, 0.1) is 0 Å². The van der Waals surface area contributed by atoms with Crippen molar-refractivity contribution in [2.24, 2.45) is 0 Å². The SMILES string of the molecule is CCOc1cc(/C=C/c2nc3ccccc3c(=O)n2-c2ccccc2)ccc1OC(F)F. The highest BCUT2D eigenvalue weighted by atomic mass is 19.3. The lowest BCUT2D eigenvalue weighted by molar-refractivity contribution is -0.0514. The van der Waals surface area contributed by atoms with E-state index in [2.05, 4.69) is 9.72 Å². The molecular formula is C25H20F2N2O3. The molecule has 0 saturated carbocycles. The van der Waals surface area contributed by atoms with Crippen LogP contribution in [-0.2, 0) is 0 Å². The Hall–Kier alpha value is -4.00. The van der Waals surface area contributed by atoms with E-state index >= 15 is 0 Å². The number of nitrogens with zero attached hydrogens (tertiary/aromatic N) is 2. The van der Waals surface area contributed by atoms with Crippen molar-refractivity contribution in [2.75, 3.05) is 6.61 Å². The molecule has 0 amide bonds. The third-order valence-electron chi connectivity index (χ3n) is 4.72. The van der Waals surface area contributed by atoms with Crippen molar-refractivity contribution in [3.8, 4) is 17.2 Å². The Balaban J connectivity index is 1.80. The Kier molecular flexibility index (Phi) is 6.26. The first-order valence-corrected chi connectivity index (χ1v) is 10.0. The van der Waals surface area contributed by atoms with Gasteiger partial charge in [0.05, 0.1) is 23.2 Å². The minimum absolute atomic E-state index is 0.0379. The third-order valence-corrected chi connectivity index (χ3v) is 4.72. The highest BCUT2D eigenvalue weighted by Crippen LogP contribution is 2.30. The van der Waals surface area contributed by atoms with Gasteiger partial charge in [-0.25, -0.2) is 4.98 Å². The van der Waals surface area contributed by atoms with E-state index in [4.69, 9.17) is 4.74 Å². The van der Waals surface area contributed by atoms with E-state index in [1.165, 1.54) is 10.6 Å². The van der Waals surface area contributed by atoms with E-state index in [1.54, 1.807) is 49.4 Å². The third kappa shape index (κ3) is 4.51. The number of alkyl halides is 2. The van der Waals surface area contributed by atoms with Gasteiger partial charge in [-0.15, -0.1) is 0 Å². The average Bonchev–Trinajstić information content (AvgIpc) is 2.80. The number of hydrogen-bond acceptors (Lipinski definition) is 4. The van der Waals surface area contributed by atoms with E-state index < -0.39 is 6.61 Å². The van der Waals surface area contributed by atoms with Gasteiger partial charge in [0, 0.05) is 0 Å². The molecule has 0 aliphatic rings. The molecule has 0 fully saturated rings. The molecular weight excluding hydrogens is 414 g/mol. The highest BCUT2D eigenvalue weighted by Gasteiger charge is 2.12. The summed E-state index contributed by atoms with van der Waals surface area (Å²) in [6.07, 6.45) is 3.45. The molecule has 1 heterocycles. The number of ether oxygens (including phenoxy) is 2. The van der Waals surface area contributed by atoms with Crippen molar-refractivity contribution in [3.05, 3.63) is 94.5 Å². The number of para-hydroxylation sites is 2. The number of halogens is 2. The van der Waals surface area contributed by atoms with Gasteiger partial charge in [-0.2, -0.15) is 8.78 Å². The van der Waals surface area contributed by atoms with Gasteiger partial charge in [0.15, 0.2) is 11.5 Å². The molecule has 162 valence electrons. The summed E-state index contributed by atoms with van der Waals surface area (Å²) < 4.78 is 36.8. The second-order valence-electron chi connectivity index (χ2n) is 6.81. The number of benzene rings is 3. The van der Waals surface area contributed by atoms with Crippen LogP contribution in [0.15, 0.2) is 77.6 Å². The van der Waals surface area contributed by atoms with E-state index in [0.29, 0.717) is 34.6 Å². The van der Waals surface area contributed by atoms with E-state index in [-0.39, 0.29) is 17.1 Å². The molecule has 0 unspecified atom stereocenters. The summed E-state index contributed by atoms with van der Waals surface area (Å²) in [6, 6.07) is 21.0.